The minimum Gasteiger partial charge on any atom is -0.360 e. The van der Waals surface area contributed by atoms with Crippen LogP contribution in [-0.2, 0) is 4.79 Å². The molecule has 0 bridgehead atoms. The molecule has 0 aromatic carbocycles. The van der Waals surface area contributed by atoms with Gasteiger partial charge in [0, 0.05) is 38.5 Å². The quantitative estimate of drug-likeness (QED) is 0.825. The van der Waals surface area contributed by atoms with E-state index in [4.69, 9.17) is 4.52 Å². The van der Waals surface area contributed by atoms with E-state index in [1.165, 1.54) is 4.90 Å². The predicted molar refractivity (Wildman–Crippen MR) is 78.6 cm³/mol. The minimum absolute atomic E-state index is 0.0101. The first-order valence-electron chi connectivity index (χ1n) is 8.19. The highest BCUT2D eigenvalue weighted by molar-refractivity contribution is 5.93. The number of aromatic nitrogens is 1. The normalized spacial score (nSPS) is 29.5. The van der Waals surface area contributed by atoms with Crippen molar-refractivity contribution in [3.63, 3.8) is 0 Å². The number of amides is 2. The highest BCUT2D eigenvalue weighted by atomic mass is 19.3. The van der Waals surface area contributed by atoms with Crippen LogP contribution >= 0.6 is 0 Å². The Kier molecular flexibility index (Phi) is 3.24. The molecule has 1 spiro atoms. The van der Waals surface area contributed by atoms with Gasteiger partial charge < -0.3 is 14.3 Å². The highest BCUT2D eigenvalue weighted by Crippen LogP contribution is 2.46. The largest absolute Gasteiger partial charge is 0.360 e. The second-order valence-corrected chi connectivity index (χ2v) is 7.34. The van der Waals surface area contributed by atoms with E-state index in [-0.39, 0.29) is 18.1 Å². The van der Waals surface area contributed by atoms with Gasteiger partial charge in [-0.2, -0.15) is 0 Å². The smallest absolute Gasteiger partial charge is 0.276 e. The van der Waals surface area contributed by atoms with Crippen LogP contribution in [0.4, 0.5) is 8.78 Å². The molecule has 3 fully saturated rings. The van der Waals surface area contributed by atoms with E-state index in [1.54, 1.807) is 13.1 Å². The molecule has 3 heterocycles. The summed E-state index contributed by atoms with van der Waals surface area (Å²) in [6.07, 6.45) is 1.83. The van der Waals surface area contributed by atoms with Crippen LogP contribution in [-0.4, -0.2) is 59.4 Å². The Hall–Kier alpha value is -1.99. The zero-order valence-corrected chi connectivity index (χ0v) is 13.4. The van der Waals surface area contributed by atoms with Gasteiger partial charge in [-0.15, -0.1) is 0 Å². The number of hydrogen-bond acceptors (Lipinski definition) is 4. The second-order valence-electron chi connectivity index (χ2n) is 7.34. The molecule has 1 aromatic heterocycles. The number of hydrogen-bond donors (Lipinski definition) is 0. The van der Waals surface area contributed by atoms with Gasteiger partial charge in [0.05, 0.1) is 12.0 Å². The Labute approximate surface area is 137 Å². The lowest BCUT2D eigenvalue weighted by Crippen LogP contribution is -2.57. The zero-order chi connectivity index (χ0) is 17.1. The minimum atomic E-state index is -3.09. The Balaban J connectivity index is 1.59. The standard InChI is InChI=1S/C16H19F2N3O3/c1-20-5-4-15(14(20)23)7-16(17,18)9-21(8-15)13(22)11-6-12(24-19-11)10-2-3-10/h6,10H,2-5,7-9H2,1H3. The molecule has 1 saturated carbocycles. The number of carbonyl (C=O) groups is 2. The fraction of sp³-hybridized carbons (Fsp3) is 0.688. The van der Waals surface area contributed by atoms with Gasteiger partial charge in [0.1, 0.15) is 5.76 Å². The van der Waals surface area contributed by atoms with Gasteiger partial charge in [0.2, 0.25) is 5.91 Å². The first-order valence-corrected chi connectivity index (χ1v) is 8.19. The number of rotatable bonds is 2. The van der Waals surface area contributed by atoms with Crippen molar-refractivity contribution in [3.05, 3.63) is 17.5 Å². The number of likely N-dealkylation sites (tertiary alicyclic amines) is 2. The molecule has 1 atom stereocenters. The first-order chi connectivity index (χ1) is 11.3. The van der Waals surface area contributed by atoms with Crippen molar-refractivity contribution in [2.75, 3.05) is 26.7 Å². The zero-order valence-electron chi connectivity index (χ0n) is 13.4. The topological polar surface area (TPSA) is 66.7 Å². The van der Waals surface area contributed by atoms with Crippen molar-refractivity contribution in [2.24, 2.45) is 5.41 Å². The third-order valence-corrected chi connectivity index (χ3v) is 5.25. The molecule has 3 aliphatic rings. The van der Waals surface area contributed by atoms with Crippen LogP contribution in [0.1, 0.15) is 47.8 Å². The summed E-state index contributed by atoms with van der Waals surface area (Å²) >= 11 is 0. The van der Waals surface area contributed by atoms with E-state index >= 15 is 0 Å². The summed E-state index contributed by atoms with van der Waals surface area (Å²) < 4.78 is 33.7. The summed E-state index contributed by atoms with van der Waals surface area (Å²) in [4.78, 5) is 27.5. The summed E-state index contributed by atoms with van der Waals surface area (Å²) in [7, 11) is 1.61. The van der Waals surface area contributed by atoms with Gasteiger partial charge in [0.25, 0.3) is 11.8 Å². The van der Waals surface area contributed by atoms with Gasteiger partial charge in [-0.3, -0.25) is 9.59 Å². The molecule has 1 aliphatic carbocycles. The molecule has 2 saturated heterocycles. The molecule has 6 nitrogen and oxygen atoms in total. The number of halogens is 2. The van der Waals surface area contributed by atoms with E-state index < -0.39 is 30.2 Å². The summed E-state index contributed by atoms with van der Waals surface area (Å²) in [5.41, 5.74) is -1.14. The van der Waals surface area contributed by atoms with Crippen LogP contribution in [0.5, 0.6) is 0 Å². The lowest BCUT2D eigenvalue weighted by atomic mass is 9.77. The lowest BCUT2D eigenvalue weighted by molar-refractivity contribution is -0.150. The SMILES string of the molecule is CN1CCC2(CN(C(=O)c3cc(C4CC4)on3)CC(F)(F)C2)C1=O. The van der Waals surface area contributed by atoms with E-state index in [1.807, 2.05) is 0 Å². The molecular weight excluding hydrogens is 320 g/mol. The average Bonchev–Trinajstić information content (AvgIpc) is 3.20. The van der Waals surface area contributed by atoms with E-state index in [9.17, 15) is 18.4 Å². The van der Waals surface area contributed by atoms with Crippen molar-refractivity contribution < 1.29 is 22.9 Å². The molecule has 1 unspecified atom stereocenters. The maximum atomic E-state index is 14.3. The van der Waals surface area contributed by atoms with Gasteiger partial charge >= 0.3 is 0 Å². The van der Waals surface area contributed by atoms with Crippen LogP contribution in [0.2, 0.25) is 0 Å². The maximum Gasteiger partial charge on any atom is 0.276 e. The monoisotopic (exact) mass is 339 g/mol. The molecule has 130 valence electrons. The van der Waals surface area contributed by atoms with Crippen LogP contribution in [0.25, 0.3) is 0 Å². The van der Waals surface area contributed by atoms with Crippen molar-refractivity contribution in [2.45, 2.75) is 37.5 Å². The molecule has 0 radical (unpaired) electrons. The second kappa shape index (κ2) is 5.00. The van der Waals surface area contributed by atoms with Gasteiger partial charge in [-0.25, -0.2) is 8.78 Å². The fourth-order valence-electron chi connectivity index (χ4n) is 3.87. The maximum absolute atomic E-state index is 14.3. The van der Waals surface area contributed by atoms with Gasteiger partial charge in [-0.05, 0) is 19.3 Å². The van der Waals surface area contributed by atoms with Crippen LogP contribution in [0, 0.1) is 5.41 Å². The summed E-state index contributed by atoms with van der Waals surface area (Å²) in [6, 6.07) is 1.54. The van der Waals surface area contributed by atoms with Gasteiger partial charge in [0.15, 0.2) is 5.69 Å². The van der Waals surface area contributed by atoms with Crippen molar-refractivity contribution in [3.8, 4) is 0 Å². The highest BCUT2D eigenvalue weighted by Gasteiger charge is 2.57. The number of alkyl halides is 2. The van der Waals surface area contributed by atoms with E-state index in [0.717, 1.165) is 17.7 Å². The Morgan fingerprint density at radius 3 is 2.75 bits per heavy atom. The third-order valence-electron chi connectivity index (χ3n) is 5.25. The average molecular weight is 339 g/mol. The molecular formula is C16H19F2N3O3. The van der Waals surface area contributed by atoms with Crippen LogP contribution in [0.3, 0.4) is 0 Å². The molecule has 1 aromatic rings. The lowest BCUT2D eigenvalue weighted by Gasteiger charge is -2.42. The Morgan fingerprint density at radius 1 is 1.38 bits per heavy atom. The summed E-state index contributed by atoms with van der Waals surface area (Å²) in [6.45, 7) is -0.237. The number of piperidine rings is 1. The van der Waals surface area contributed by atoms with Crippen LogP contribution < -0.4 is 0 Å². The summed E-state index contributed by atoms with van der Waals surface area (Å²) in [5.74, 6) is -3.06. The van der Waals surface area contributed by atoms with E-state index in [0.29, 0.717) is 24.6 Å². The predicted octanol–water partition coefficient (Wildman–Crippen LogP) is 1.88. The number of carbonyl (C=O) groups excluding carboxylic acids is 2. The molecule has 2 aliphatic heterocycles. The summed E-state index contributed by atoms with van der Waals surface area (Å²) in [5, 5.41) is 3.74. The third kappa shape index (κ3) is 2.48. The fourth-order valence-corrected chi connectivity index (χ4v) is 3.87. The Bertz CT molecular complexity index is 700. The molecule has 8 heteroatoms. The Morgan fingerprint density at radius 2 is 2.12 bits per heavy atom. The molecule has 4 rings (SSSR count). The van der Waals surface area contributed by atoms with Crippen molar-refractivity contribution >= 4 is 11.8 Å². The van der Waals surface area contributed by atoms with Gasteiger partial charge in [-0.1, -0.05) is 5.16 Å². The molecule has 0 N–H and O–H groups in total. The molecule has 2 amide bonds. The van der Waals surface area contributed by atoms with Crippen LogP contribution in [0.15, 0.2) is 10.6 Å². The first kappa shape index (κ1) is 15.5. The van der Waals surface area contributed by atoms with E-state index in [2.05, 4.69) is 5.16 Å². The van der Waals surface area contributed by atoms with Crippen molar-refractivity contribution in [1.82, 2.24) is 15.0 Å². The molecule has 24 heavy (non-hydrogen) atoms. The number of nitrogens with zero attached hydrogens (tertiary/aromatic N) is 3. The van der Waals surface area contributed by atoms with Crippen molar-refractivity contribution in [1.29, 1.82) is 0 Å².